The van der Waals surface area contributed by atoms with Crippen molar-refractivity contribution >= 4 is 5.97 Å². The number of rotatable bonds is 3. The first-order valence-corrected chi connectivity index (χ1v) is 3.61. The molecule has 0 amide bonds. The molecular weight excluding hydrogens is 164 g/mol. The second kappa shape index (κ2) is 3.84. The molecule has 1 heterocycles. The molecule has 1 saturated heterocycles. The Morgan fingerprint density at radius 2 is 2.17 bits per heavy atom. The topological polar surface area (TPSA) is 65.0 Å². The molecular formula is C7H12O5. The Labute approximate surface area is 70.2 Å². The summed E-state index contributed by atoms with van der Waals surface area (Å²) in [4.78, 5) is 11.0. The maximum absolute atomic E-state index is 11.0. The van der Waals surface area contributed by atoms with Crippen LogP contribution in [-0.2, 0) is 19.0 Å². The van der Waals surface area contributed by atoms with Crippen LogP contribution < -0.4 is 0 Å². The molecule has 3 atom stereocenters. The first-order valence-electron chi connectivity index (χ1n) is 3.61. The molecule has 12 heavy (non-hydrogen) atoms. The average Bonchev–Trinajstić information content (AvgIpc) is 2.40. The van der Waals surface area contributed by atoms with Gasteiger partial charge in [-0.05, 0) is 0 Å². The van der Waals surface area contributed by atoms with Crippen LogP contribution in [0.3, 0.4) is 0 Å². The number of carbonyl (C=O) groups is 1. The Hall–Kier alpha value is -0.650. The lowest BCUT2D eigenvalue weighted by Gasteiger charge is -2.15. The van der Waals surface area contributed by atoms with Crippen LogP contribution in [0.5, 0.6) is 0 Å². The lowest BCUT2D eigenvalue weighted by molar-refractivity contribution is -0.149. The zero-order chi connectivity index (χ0) is 9.14. The van der Waals surface area contributed by atoms with Crippen LogP contribution in [0.4, 0.5) is 0 Å². The SMILES string of the molecule is COC1C(=O)OC(CO)C1OC. The number of ether oxygens (including phenoxy) is 3. The molecule has 0 aliphatic carbocycles. The minimum atomic E-state index is -0.716. The quantitative estimate of drug-likeness (QED) is 0.555. The van der Waals surface area contributed by atoms with Gasteiger partial charge in [0.15, 0.2) is 12.2 Å². The van der Waals surface area contributed by atoms with E-state index in [2.05, 4.69) is 0 Å². The van der Waals surface area contributed by atoms with Crippen LogP contribution in [0.2, 0.25) is 0 Å². The largest absolute Gasteiger partial charge is 0.455 e. The molecule has 1 aliphatic heterocycles. The van der Waals surface area contributed by atoms with Crippen molar-refractivity contribution in [3.8, 4) is 0 Å². The zero-order valence-corrected chi connectivity index (χ0v) is 7.02. The third kappa shape index (κ3) is 1.43. The predicted molar refractivity (Wildman–Crippen MR) is 38.6 cm³/mol. The van der Waals surface area contributed by atoms with E-state index in [9.17, 15) is 4.79 Å². The van der Waals surface area contributed by atoms with Crippen LogP contribution in [-0.4, -0.2) is 50.2 Å². The minimum absolute atomic E-state index is 0.246. The fourth-order valence-electron chi connectivity index (χ4n) is 1.26. The molecule has 5 nitrogen and oxygen atoms in total. The lowest BCUT2D eigenvalue weighted by Crippen LogP contribution is -2.36. The molecule has 70 valence electrons. The summed E-state index contributed by atoms with van der Waals surface area (Å²) in [7, 11) is 2.85. The lowest BCUT2D eigenvalue weighted by atomic mass is 10.1. The monoisotopic (exact) mass is 176 g/mol. The summed E-state index contributed by atoms with van der Waals surface area (Å²) in [6, 6.07) is 0. The molecule has 1 fully saturated rings. The summed E-state index contributed by atoms with van der Waals surface area (Å²) >= 11 is 0. The fourth-order valence-corrected chi connectivity index (χ4v) is 1.26. The molecule has 0 bridgehead atoms. The maximum Gasteiger partial charge on any atom is 0.338 e. The highest BCUT2D eigenvalue weighted by Crippen LogP contribution is 2.20. The van der Waals surface area contributed by atoms with Gasteiger partial charge >= 0.3 is 5.97 Å². The number of hydrogen-bond donors (Lipinski definition) is 1. The number of aliphatic hydroxyl groups excluding tert-OH is 1. The number of hydrogen-bond acceptors (Lipinski definition) is 5. The molecule has 0 radical (unpaired) electrons. The molecule has 1 aliphatic rings. The zero-order valence-electron chi connectivity index (χ0n) is 7.02. The van der Waals surface area contributed by atoms with Gasteiger partial charge in [-0.2, -0.15) is 0 Å². The van der Waals surface area contributed by atoms with Gasteiger partial charge in [0.25, 0.3) is 0 Å². The maximum atomic E-state index is 11.0. The third-order valence-corrected chi connectivity index (χ3v) is 1.87. The van der Waals surface area contributed by atoms with Gasteiger partial charge in [-0.25, -0.2) is 4.79 Å². The van der Waals surface area contributed by atoms with Gasteiger partial charge < -0.3 is 19.3 Å². The highest BCUT2D eigenvalue weighted by Gasteiger charge is 2.45. The Bertz CT molecular complexity index is 169. The van der Waals surface area contributed by atoms with E-state index in [1.165, 1.54) is 14.2 Å². The van der Waals surface area contributed by atoms with Gasteiger partial charge in [0.2, 0.25) is 0 Å². The first kappa shape index (κ1) is 9.44. The molecule has 0 spiro atoms. The van der Waals surface area contributed by atoms with E-state index in [0.29, 0.717) is 0 Å². The van der Waals surface area contributed by atoms with E-state index in [4.69, 9.17) is 19.3 Å². The van der Waals surface area contributed by atoms with Crippen LogP contribution in [0, 0.1) is 0 Å². The number of methoxy groups -OCH3 is 2. The molecule has 0 saturated carbocycles. The number of esters is 1. The van der Waals surface area contributed by atoms with E-state index >= 15 is 0 Å². The number of carbonyl (C=O) groups excluding carboxylic acids is 1. The number of aliphatic hydroxyl groups is 1. The van der Waals surface area contributed by atoms with Crippen LogP contribution in [0.15, 0.2) is 0 Å². The van der Waals surface area contributed by atoms with Gasteiger partial charge in [0.1, 0.15) is 6.10 Å². The second-order valence-corrected chi connectivity index (χ2v) is 2.51. The van der Waals surface area contributed by atoms with Crippen molar-refractivity contribution in [3.05, 3.63) is 0 Å². The standard InChI is InChI=1S/C7H12O5/c1-10-5-4(3-8)12-7(9)6(5)11-2/h4-6,8H,3H2,1-2H3. The molecule has 0 aromatic heterocycles. The van der Waals surface area contributed by atoms with Crippen molar-refractivity contribution in [3.63, 3.8) is 0 Å². The van der Waals surface area contributed by atoms with Crippen molar-refractivity contribution < 1.29 is 24.1 Å². The minimum Gasteiger partial charge on any atom is -0.455 e. The summed E-state index contributed by atoms with van der Waals surface area (Å²) in [5.41, 5.74) is 0. The Morgan fingerprint density at radius 3 is 2.58 bits per heavy atom. The summed E-state index contributed by atoms with van der Waals surface area (Å²) in [6.45, 7) is -0.246. The molecule has 0 aromatic carbocycles. The van der Waals surface area contributed by atoms with E-state index in [1.54, 1.807) is 0 Å². The second-order valence-electron chi connectivity index (χ2n) is 2.51. The van der Waals surface area contributed by atoms with Crippen molar-refractivity contribution in [2.45, 2.75) is 18.3 Å². The highest BCUT2D eigenvalue weighted by molar-refractivity contribution is 5.78. The Balaban J connectivity index is 2.68. The van der Waals surface area contributed by atoms with Crippen LogP contribution >= 0.6 is 0 Å². The fraction of sp³-hybridized carbons (Fsp3) is 0.857. The van der Waals surface area contributed by atoms with Gasteiger partial charge in [-0.1, -0.05) is 0 Å². The Kier molecular flexibility index (Phi) is 3.02. The summed E-state index contributed by atoms with van der Waals surface area (Å²) in [5, 5.41) is 8.79. The van der Waals surface area contributed by atoms with Gasteiger partial charge in [-0.3, -0.25) is 0 Å². The first-order chi connectivity index (χ1) is 5.74. The number of cyclic esters (lactones) is 1. The van der Waals surface area contributed by atoms with Gasteiger partial charge in [0.05, 0.1) is 6.61 Å². The Morgan fingerprint density at radius 1 is 1.50 bits per heavy atom. The smallest absolute Gasteiger partial charge is 0.338 e. The molecule has 5 heteroatoms. The third-order valence-electron chi connectivity index (χ3n) is 1.87. The van der Waals surface area contributed by atoms with Crippen molar-refractivity contribution in [1.29, 1.82) is 0 Å². The van der Waals surface area contributed by atoms with E-state index in [0.717, 1.165) is 0 Å². The van der Waals surface area contributed by atoms with E-state index in [1.807, 2.05) is 0 Å². The van der Waals surface area contributed by atoms with Crippen LogP contribution in [0.1, 0.15) is 0 Å². The summed E-state index contributed by atoms with van der Waals surface area (Å²) < 4.78 is 14.6. The van der Waals surface area contributed by atoms with E-state index < -0.39 is 24.3 Å². The summed E-state index contributed by atoms with van der Waals surface area (Å²) in [6.07, 6.45) is -1.83. The average molecular weight is 176 g/mol. The predicted octanol–water partition coefficient (Wildman–Crippen LogP) is -1.07. The molecule has 0 aromatic rings. The molecule has 3 unspecified atom stereocenters. The van der Waals surface area contributed by atoms with Crippen LogP contribution in [0.25, 0.3) is 0 Å². The molecule has 1 N–H and O–H groups in total. The highest BCUT2D eigenvalue weighted by atomic mass is 16.6. The van der Waals surface area contributed by atoms with Gasteiger partial charge in [0, 0.05) is 14.2 Å². The summed E-state index contributed by atoms with van der Waals surface area (Å²) in [5.74, 6) is -0.483. The van der Waals surface area contributed by atoms with Crippen molar-refractivity contribution in [2.75, 3.05) is 20.8 Å². The normalized spacial score (nSPS) is 35.2. The van der Waals surface area contributed by atoms with Crippen molar-refractivity contribution in [2.24, 2.45) is 0 Å². The molecule has 1 rings (SSSR count). The van der Waals surface area contributed by atoms with Crippen molar-refractivity contribution in [1.82, 2.24) is 0 Å². The van der Waals surface area contributed by atoms with E-state index in [-0.39, 0.29) is 6.61 Å². The van der Waals surface area contributed by atoms with Gasteiger partial charge in [-0.15, -0.1) is 0 Å².